The number of nitrogens with zero attached hydrogens (tertiary/aromatic N) is 1. The molecular formula is C16H16N2O4. The molecular weight excluding hydrogens is 284 g/mol. The van der Waals surface area contributed by atoms with Gasteiger partial charge in [-0.25, -0.2) is 4.98 Å². The van der Waals surface area contributed by atoms with Gasteiger partial charge in [-0.2, -0.15) is 0 Å². The summed E-state index contributed by atoms with van der Waals surface area (Å²) in [6.07, 6.45) is 1.20. The van der Waals surface area contributed by atoms with Gasteiger partial charge in [0, 0.05) is 6.42 Å². The van der Waals surface area contributed by atoms with Gasteiger partial charge in [0.05, 0.1) is 12.6 Å². The molecule has 114 valence electrons. The first-order valence-corrected chi connectivity index (χ1v) is 6.75. The Balaban J connectivity index is 1.91. The van der Waals surface area contributed by atoms with E-state index in [1.165, 1.54) is 6.20 Å². The molecule has 0 fully saturated rings. The number of aryl methyl sites for hydroxylation is 1. The molecule has 6 heteroatoms. The number of aromatic nitrogens is 1. The van der Waals surface area contributed by atoms with Gasteiger partial charge in [0.25, 0.3) is 0 Å². The lowest BCUT2D eigenvalue weighted by atomic mass is 10.2. The molecule has 0 aliphatic rings. The smallest absolute Gasteiger partial charge is 0.303 e. The van der Waals surface area contributed by atoms with E-state index in [9.17, 15) is 9.59 Å². The fourth-order valence-corrected chi connectivity index (χ4v) is 1.68. The van der Waals surface area contributed by atoms with Gasteiger partial charge in [0.2, 0.25) is 5.91 Å². The number of nitrogens with one attached hydrogen (secondary N) is 1. The maximum absolute atomic E-state index is 11.5. The van der Waals surface area contributed by atoms with E-state index < -0.39 is 5.97 Å². The fourth-order valence-electron chi connectivity index (χ4n) is 1.68. The number of rotatable bonds is 6. The fraction of sp³-hybridized carbons (Fsp3) is 0.188. The third-order valence-corrected chi connectivity index (χ3v) is 2.83. The number of ether oxygens (including phenoxy) is 1. The number of aliphatic carboxylic acids is 1. The van der Waals surface area contributed by atoms with Gasteiger partial charge in [-0.15, -0.1) is 0 Å². The Morgan fingerprint density at radius 3 is 2.36 bits per heavy atom. The minimum absolute atomic E-state index is 0.0847. The van der Waals surface area contributed by atoms with E-state index >= 15 is 0 Å². The maximum Gasteiger partial charge on any atom is 0.303 e. The average Bonchev–Trinajstić information content (AvgIpc) is 2.49. The highest BCUT2D eigenvalue weighted by Gasteiger charge is 2.06. The first kappa shape index (κ1) is 15.5. The van der Waals surface area contributed by atoms with Crippen molar-refractivity contribution in [1.29, 1.82) is 0 Å². The minimum atomic E-state index is -1.01. The van der Waals surface area contributed by atoms with Gasteiger partial charge in [0.1, 0.15) is 17.3 Å². The lowest BCUT2D eigenvalue weighted by molar-refractivity contribution is -0.138. The van der Waals surface area contributed by atoms with Crippen molar-refractivity contribution >= 4 is 17.7 Å². The molecule has 2 rings (SSSR count). The Bertz CT molecular complexity index is 651. The first-order chi connectivity index (χ1) is 10.5. The molecule has 0 aliphatic carbocycles. The topological polar surface area (TPSA) is 88.5 Å². The third-order valence-electron chi connectivity index (χ3n) is 2.83. The molecule has 1 aromatic carbocycles. The average molecular weight is 300 g/mol. The van der Waals surface area contributed by atoms with Crippen LogP contribution < -0.4 is 10.1 Å². The molecule has 22 heavy (non-hydrogen) atoms. The van der Waals surface area contributed by atoms with Crippen LogP contribution in [0.3, 0.4) is 0 Å². The molecule has 1 heterocycles. The van der Waals surface area contributed by atoms with E-state index in [4.69, 9.17) is 9.84 Å². The number of pyridine rings is 1. The van der Waals surface area contributed by atoms with E-state index in [0.29, 0.717) is 17.3 Å². The van der Waals surface area contributed by atoms with Gasteiger partial charge >= 0.3 is 5.97 Å². The SMILES string of the molecule is Cc1ccc(Oc2ccc(NC(=O)CCC(=O)O)nc2)cc1. The second-order valence-electron chi connectivity index (χ2n) is 4.74. The van der Waals surface area contributed by atoms with E-state index in [2.05, 4.69) is 10.3 Å². The molecule has 1 amide bonds. The largest absolute Gasteiger partial charge is 0.481 e. The lowest BCUT2D eigenvalue weighted by Crippen LogP contribution is -2.13. The van der Waals surface area contributed by atoms with Gasteiger partial charge in [0.15, 0.2) is 0 Å². The Morgan fingerprint density at radius 1 is 1.09 bits per heavy atom. The predicted octanol–water partition coefficient (Wildman–Crippen LogP) is 2.99. The van der Waals surface area contributed by atoms with Crippen LogP contribution in [0.1, 0.15) is 18.4 Å². The Labute approximate surface area is 127 Å². The lowest BCUT2D eigenvalue weighted by Gasteiger charge is -2.07. The molecule has 2 aromatic rings. The van der Waals surface area contributed by atoms with E-state index in [-0.39, 0.29) is 18.7 Å². The first-order valence-electron chi connectivity index (χ1n) is 6.75. The van der Waals surface area contributed by atoms with E-state index in [0.717, 1.165) is 5.56 Å². The van der Waals surface area contributed by atoms with Crippen LogP contribution in [-0.4, -0.2) is 22.0 Å². The number of anilines is 1. The van der Waals surface area contributed by atoms with Crippen molar-refractivity contribution in [2.45, 2.75) is 19.8 Å². The number of benzene rings is 1. The van der Waals surface area contributed by atoms with Gasteiger partial charge in [-0.1, -0.05) is 17.7 Å². The minimum Gasteiger partial charge on any atom is -0.481 e. The van der Waals surface area contributed by atoms with Crippen LogP contribution in [0.25, 0.3) is 0 Å². The zero-order chi connectivity index (χ0) is 15.9. The summed E-state index contributed by atoms with van der Waals surface area (Å²) in [7, 11) is 0. The quantitative estimate of drug-likeness (QED) is 0.856. The van der Waals surface area contributed by atoms with Gasteiger partial charge < -0.3 is 15.2 Å². The second kappa shape index (κ2) is 7.21. The third kappa shape index (κ3) is 4.90. The molecule has 6 nitrogen and oxygen atoms in total. The maximum atomic E-state index is 11.5. The summed E-state index contributed by atoms with van der Waals surface area (Å²) in [5.41, 5.74) is 1.14. The van der Waals surface area contributed by atoms with Crippen molar-refractivity contribution in [2.75, 3.05) is 5.32 Å². The van der Waals surface area contributed by atoms with E-state index in [1.807, 2.05) is 31.2 Å². The molecule has 0 atom stereocenters. The van der Waals surface area contributed by atoms with Crippen LogP contribution in [0.5, 0.6) is 11.5 Å². The normalized spacial score (nSPS) is 10.0. The van der Waals surface area contributed by atoms with Crippen molar-refractivity contribution in [2.24, 2.45) is 0 Å². The summed E-state index contributed by atoms with van der Waals surface area (Å²) in [6, 6.07) is 10.9. The summed E-state index contributed by atoms with van der Waals surface area (Å²) < 4.78 is 5.62. The predicted molar refractivity (Wildman–Crippen MR) is 81.0 cm³/mol. The zero-order valence-electron chi connectivity index (χ0n) is 12.1. The molecule has 0 bridgehead atoms. The molecule has 0 unspecified atom stereocenters. The van der Waals surface area contributed by atoms with Crippen LogP contribution in [0, 0.1) is 6.92 Å². The van der Waals surface area contributed by atoms with Gasteiger partial charge in [-0.3, -0.25) is 9.59 Å². The number of hydrogen-bond donors (Lipinski definition) is 2. The molecule has 0 aliphatic heterocycles. The second-order valence-corrected chi connectivity index (χ2v) is 4.74. The number of carbonyl (C=O) groups is 2. The zero-order valence-corrected chi connectivity index (χ0v) is 12.1. The highest BCUT2D eigenvalue weighted by Crippen LogP contribution is 2.21. The standard InChI is InChI=1S/C16H16N2O4/c1-11-2-4-12(5-3-11)22-13-6-7-14(17-10-13)18-15(19)8-9-16(20)21/h2-7,10H,8-9H2,1H3,(H,20,21)(H,17,18,19). The number of amides is 1. The Hall–Kier alpha value is -2.89. The monoisotopic (exact) mass is 300 g/mol. The van der Waals surface area contributed by atoms with Crippen molar-refractivity contribution in [3.8, 4) is 11.5 Å². The molecule has 0 saturated heterocycles. The van der Waals surface area contributed by atoms with Crippen LogP contribution >= 0.6 is 0 Å². The molecule has 0 spiro atoms. The summed E-state index contributed by atoms with van der Waals surface area (Å²) >= 11 is 0. The highest BCUT2D eigenvalue weighted by molar-refractivity contribution is 5.91. The van der Waals surface area contributed by atoms with Crippen molar-refractivity contribution in [3.63, 3.8) is 0 Å². The summed E-state index contributed by atoms with van der Waals surface area (Å²) in [4.78, 5) is 25.9. The van der Waals surface area contributed by atoms with Crippen LogP contribution in [-0.2, 0) is 9.59 Å². The molecule has 2 N–H and O–H groups in total. The molecule has 0 radical (unpaired) electrons. The highest BCUT2D eigenvalue weighted by atomic mass is 16.5. The summed E-state index contributed by atoms with van der Waals surface area (Å²) in [5.74, 6) is 0.205. The molecule has 0 saturated carbocycles. The van der Waals surface area contributed by atoms with Crippen molar-refractivity contribution in [1.82, 2.24) is 4.98 Å². The molecule has 1 aromatic heterocycles. The van der Waals surface area contributed by atoms with Crippen molar-refractivity contribution in [3.05, 3.63) is 48.2 Å². The number of carbonyl (C=O) groups excluding carboxylic acids is 1. The summed E-state index contributed by atoms with van der Waals surface area (Å²) in [5, 5.41) is 11.0. The summed E-state index contributed by atoms with van der Waals surface area (Å²) in [6.45, 7) is 1.99. The van der Waals surface area contributed by atoms with Crippen LogP contribution in [0.4, 0.5) is 5.82 Å². The van der Waals surface area contributed by atoms with Gasteiger partial charge in [-0.05, 0) is 31.2 Å². The van der Waals surface area contributed by atoms with Crippen molar-refractivity contribution < 1.29 is 19.4 Å². The van der Waals surface area contributed by atoms with E-state index in [1.54, 1.807) is 12.1 Å². The number of hydrogen-bond acceptors (Lipinski definition) is 4. The number of carboxylic acids is 1. The Kier molecular flexibility index (Phi) is 5.08. The Morgan fingerprint density at radius 2 is 1.77 bits per heavy atom. The number of carboxylic acid groups (broad SMARTS) is 1. The van der Waals surface area contributed by atoms with Crippen LogP contribution in [0.2, 0.25) is 0 Å². The van der Waals surface area contributed by atoms with Crippen LogP contribution in [0.15, 0.2) is 42.6 Å².